The molecule has 0 radical (unpaired) electrons. The lowest BCUT2D eigenvalue weighted by atomic mass is 9.92. The lowest BCUT2D eigenvalue weighted by Crippen LogP contribution is -2.08. The van der Waals surface area contributed by atoms with Gasteiger partial charge in [0.05, 0.1) is 12.2 Å². The summed E-state index contributed by atoms with van der Waals surface area (Å²) in [6, 6.07) is 7.67. The van der Waals surface area contributed by atoms with Gasteiger partial charge in [0.2, 0.25) is 0 Å². The van der Waals surface area contributed by atoms with Crippen LogP contribution in [0.2, 0.25) is 5.02 Å². The van der Waals surface area contributed by atoms with Gasteiger partial charge in [0, 0.05) is 17.0 Å². The number of fused-ring (bicyclic) bond motifs is 1. The molecule has 1 aliphatic rings. The third-order valence-electron chi connectivity index (χ3n) is 3.90. The molecule has 2 nitrogen and oxygen atoms in total. The Morgan fingerprint density at radius 2 is 1.76 bits per heavy atom. The molecule has 0 saturated carbocycles. The third kappa shape index (κ3) is 2.44. The molecule has 0 saturated heterocycles. The van der Waals surface area contributed by atoms with Crippen LogP contribution in [0.3, 0.4) is 0 Å². The normalized spacial score (nSPS) is 13.0. The second kappa shape index (κ2) is 5.19. The zero-order valence-corrected chi connectivity index (χ0v) is 13.2. The SMILES string of the molecule is Cc1cc(C)c(C(=O)c2cc(Cl)cc3c2OCC3)c(C)c1. The van der Waals surface area contributed by atoms with Gasteiger partial charge in [0.15, 0.2) is 5.78 Å². The van der Waals surface area contributed by atoms with Crippen molar-refractivity contribution in [3.8, 4) is 5.75 Å². The number of carbonyl (C=O) groups is 1. The van der Waals surface area contributed by atoms with E-state index >= 15 is 0 Å². The summed E-state index contributed by atoms with van der Waals surface area (Å²) in [5.41, 5.74) is 5.49. The van der Waals surface area contributed by atoms with Crippen molar-refractivity contribution in [3.05, 3.63) is 62.7 Å². The Morgan fingerprint density at radius 1 is 1.10 bits per heavy atom. The molecule has 3 heteroatoms. The fourth-order valence-corrected chi connectivity index (χ4v) is 3.35. The minimum atomic E-state index is -0.00866. The molecule has 0 bridgehead atoms. The molecule has 21 heavy (non-hydrogen) atoms. The Hall–Kier alpha value is -1.80. The molecule has 1 aliphatic heterocycles. The molecule has 0 aromatic heterocycles. The molecule has 0 spiro atoms. The van der Waals surface area contributed by atoms with Crippen LogP contribution in [-0.2, 0) is 6.42 Å². The number of hydrogen-bond donors (Lipinski definition) is 0. The summed E-state index contributed by atoms with van der Waals surface area (Å²) in [6.07, 6.45) is 0.808. The Morgan fingerprint density at radius 3 is 2.43 bits per heavy atom. The first kappa shape index (κ1) is 14.2. The van der Waals surface area contributed by atoms with Crippen LogP contribution in [0.15, 0.2) is 24.3 Å². The van der Waals surface area contributed by atoms with E-state index in [0.717, 1.165) is 34.2 Å². The van der Waals surface area contributed by atoms with E-state index in [9.17, 15) is 4.79 Å². The number of hydrogen-bond acceptors (Lipinski definition) is 2. The van der Waals surface area contributed by atoms with Gasteiger partial charge in [-0.25, -0.2) is 0 Å². The van der Waals surface area contributed by atoms with Gasteiger partial charge in [-0.1, -0.05) is 29.3 Å². The van der Waals surface area contributed by atoms with Gasteiger partial charge in [-0.15, -0.1) is 0 Å². The van der Waals surface area contributed by atoms with E-state index in [1.165, 1.54) is 0 Å². The maximum Gasteiger partial charge on any atom is 0.197 e. The lowest BCUT2D eigenvalue weighted by molar-refractivity contribution is 0.103. The number of halogens is 1. The van der Waals surface area contributed by atoms with Gasteiger partial charge in [-0.2, -0.15) is 0 Å². The van der Waals surface area contributed by atoms with E-state index in [1.807, 2.05) is 39.0 Å². The molecule has 0 unspecified atom stereocenters. The van der Waals surface area contributed by atoms with Gasteiger partial charge in [-0.3, -0.25) is 4.79 Å². The first-order chi connectivity index (χ1) is 9.97. The van der Waals surface area contributed by atoms with Crippen LogP contribution in [0, 0.1) is 20.8 Å². The first-order valence-electron chi connectivity index (χ1n) is 7.05. The largest absolute Gasteiger partial charge is 0.492 e. The summed E-state index contributed by atoms with van der Waals surface area (Å²) >= 11 is 6.16. The van der Waals surface area contributed by atoms with Crippen LogP contribution in [0.5, 0.6) is 5.75 Å². The zero-order chi connectivity index (χ0) is 15.1. The summed E-state index contributed by atoms with van der Waals surface area (Å²) in [6.45, 7) is 6.59. The zero-order valence-electron chi connectivity index (χ0n) is 12.4. The molecule has 0 N–H and O–H groups in total. The smallest absolute Gasteiger partial charge is 0.197 e. The van der Waals surface area contributed by atoms with Gasteiger partial charge in [-0.05, 0) is 49.6 Å². The number of rotatable bonds is 2. The topological polar surface area (TPSA) is 26.3 Å². The Kier molecular flexibility index (Phi) is 3.50. The molecule has 0 aliphatic carbocycles. The molecule has 3 rings (SSSR count). The maximum absolute atomic E-state index is 13.0. The van der Waals surface area contributed by atoms with Gasteiger partial charge in [0.25, 0.3) is 0 Å². The van der Waals surface area contributed by atoms with Crippen molar-refractivity contribution >= 4 is 17.4 Å². The van der Waals surface area contributed by atoms with Crippen LogP contribution in [0.25, 0.3) is 0 Å². The fraction of sp³-hybridized carbons (Fsp3) is 0.278. The van der Waals surface area contributed by atoms with Gasteiger partial charge < -0.3 is 4.74 Å². The molecule has 2 aromatic carbocycles. The summed E-state index contributed by atoms with van der Waals surface area (Å²) < 4.78 is 5.65. The van der Waals surface area contributed by atoms with Crippen molar-refractivity contribution < 1.29 is 9.53 Å². The Bertz CT molecular complexity index is 724. The van der Waals surface area contributed by atoms with Crippen molar-refractivity contribution in [1.82, 2.24) is 0 Å². The molecular weight excluding hydrogens is 284 g/mol. The highest BCUT2D eigenvalue weighted by molar-refractivity contribution is 6.31. The van der Waals surface area contributed by atoms with Crippen LogP contribution in [0.4, 0.5) is 0 Å². The predicted octanol–water partition coefficient (Wildman–Crippen LogP) is 4.43. The van der Waals surface area contributed by atoms with Crippen molar-refractivity contribution in [2.45, 2.75) is 27.2 Å². The van der Waals surface area contributed by atoms with Gasteiger partial charge in [0.1, 0.15) is 5.75 Å². The highest BCUT2D eigenvalue weighted by Gasteiger charge is 2.24. The maximum atomic E-state index is 13.0. The summed E-state index contributed by atoms with van der Waals surface area (Å²) in [5, 5.41) is 0.588. The minimum absolute atomic E-state index is 0.00866. The Labute approximate surface area is 129 Å². The van der Waals surface area contributed by atoms with Crippen molar-refractivity contribution in [3.63, 3.8) is 0 Å². The van der Waals surface area contributed by atoms with E-state index in [4.69, 9.17) is 16.3 Å². The average Bonchev–Trinajstić information content (AvgIpc) is 2.84. The number of ether oxygens (including phenoxy) is 1. The standard InChI is InChI=1S/C18H17ClO2/c1-10-6-11(2)16(12(3)7-10)17(20)15-9-14(19)8-13-4-5-21-18(13)15/h6-9H,4-5H2,1-3H3. The molecule has 108 valence electrons. The Balaban J connectivity index is 2.17. The number of ketones is 1. The molecule has 0 amide bonds. The van der Waals surface area contributed by atoms with E-state index in [0.29, 0.717) is 22.9 Å². The van der Waals surface area contributed by atoms with E-state index in [2.05, 4.69) is 0 Å². The molecule has 0 atom stereocenters. The predicted molar refractivity (Wildman–Crippen MR) is 84.7 cm³/mol. The summed E-state index contributed by atoms with van der Waals surface area (Å²) in [7, 11) is 0. The van der Waals surface area contributed by atoms with Crippen LogP contribution in [-0.4, -0.2) is 12.4 Å². The third-order valence-corrected chi connectivity index (χ3v) is 4.12. The number of benzene rings is 2. The average molecular weight is 301 g/mol. The molecule has 2 aromatic rings. The number of carbonyl (C=O) groups excluding carboxylic acids is 1. The second-order valence-electron chi connectivity index (χ2n) is 5.64. The molecule has 1 heterocycles. The van der Waals surface area contributed by atoms with E-state index < -0.39 is 0 Å². The van der Waals surface area contributed by atoms with E-state index in [1.54, 1.807) is 6.07 Å². The second-order valence-corrected chi connectivity index (χ2v) is 6.08. The van der Waals surface area contributed by atoms with Crippen molar-refractivity contribution in [2.24, 2.45) is 0 Å². The van der Waals surface area contributed by atoms with Gasteiger partial charge >= 0.3 is 0 Å². The lowest BCUT2D eigenvalue weighted by Gasteiger charge is -2.13. The number of aryl methyl sites for hydroxylation is 3. The fourth-order valence-electron chi connectivity index (χ4n) is 3.11. The van der Waals surface area contributed by atoms with E-state index in [-0.39, 0.29) is 5.78 Å². The monoisotopic (exact) mass is 300 g/mol. The van der Waals surface area contributed by atoms with Crippen LogP contribution >= 0.6 is 11.6 Å². The quantitative estimate of drug-likeness (QED) is 0.767. The van der Waals surface area contributed by atoms with Crippen LogP contribution in [0.1, 0.15) is 38.2 Å². The summed E-state index contributed by atoms with van der Waals surface area (Å²) in [5.74, 6) is 0.689. The highest BCUT2D eigenvalue weighted by Crippen LogP contribution is 2.35. The molecular formula is C18H17ClO2. The minimum Gasteiger partial charge on any atom is -0.492 e. The highest BCUT2D eigenvalue weighted by atomic mass is 35.5. The van der Waals surface area contributed by atoms with Crippen molar-refractivity contribution in [1.29, 1.82) is 0 Å². The first-order valence-corrected chi connectivity index (χ1v) is 7.43. The van der Waals surface area contributed by atoms with Crippen LogP contribution < -0.4 is 4.74 Å². The molecule has 0 fully saturated rings. The van der Waals surface area contributed by atoms with Crippen molar-refractivity contribution in [2.75, 3.05) is 6.61 Å². The summed E-state index contributed by atoms with van der Waals surface area (Å²) in [4.78, 5) is 13.0.